The summed E-state index contributed by atoms with van der Waals surface area (Å²) in [4.78, 5) is 0. The molecular weight excluding hydrogens is 264 g/mol. The van der Waals surface area contributed by atoms with Gasteiger partial charge in [-0.25, -0.2) is 0 Å². The lowest BCUT2D eigenvalue weighted by Gasteiger charge is -2.11. The van der Waals surface area contributed by atoms with Crippen molar-refractivity contribution < 1.29 is 9.84 Å². The normalized spacial score (nSPS) is 12.8. The quantitative estimate of drug-likeness (QED) is 0.489. The van der Waals surface area contributed by atoms with E-state index in [0.717, 1.165) is 23.8 Å². The highest BCUT2D eigenvalue weighted by molar-refractivity contribution is 7.99. The van der Waals surface area contributed by atoms with Crippen LogP contribution in [0.5, 0.6) is 0 Å². The Kier molecular flexibility index (Phi) is 8.04. The van der Waals surface area contributed by atoms with Crippen LogP contribution in [-0.2, 0) is 11.3 Å². The summed E-state index contributed by atoms with van der Waals surface area (Å²) in [6.45, 7) is 6.34. The number of aryl methyl sites for hydroxylation is 1. The van der Waals surface area contributed by atoms with Crippen molar-refractivity contribution in [1.82, 2.24) is 14.8 Å². The summed E-state index contributed by atoms with van der Waals surface area (Å²) in [5.41, 5.74) is 5.55. The highest BCUT2D eigenvalue weighted by Gasteiger charge is 2.11. The number of aliphatic hydroxyl groups excluding tert-OH is 1. The average molecular weight is 288 g/mol. The van der Waals surface area contributed by atoms with Crippen molar-refractivity contribution in [3.8, 4) is 0 Å². The molecule has 0 spiro atoms. The topological polar surface area (TPSA) is 86.2 Å². The first-order chi connectivity index (χ1) is 9.19. The molecule has 7 heteroatoms. The summed E-state index contributed by atoms with van der Waals surface area (Å²) in [5.74, 6) is 1.40. The summed E-state index contributed by atoms with van der Waals surface area (Å²) < 4.78 is 7.35. The van der Waals surface area contributed by atoms with Gasteiger partial charge in [0.2, 0.25) is 0 Å². The average Bonchev–Trinajstić information content (AvgIpc) is 2.74. The number of thioether (sulfide) groups is 1. The van der Waals surface area contributed by atoms with E-state index >= 15 is 0 Å². The molecule has 0 radical (unpaired) electrons. The fraction of sp³-hybridized carbons (Fsp3) is 0.833. The Morgan fingerprint density at radius 1 is 1.47 bits per heavy atom. The number of nitrogens with two attached hydrogens (primary N) is 1. The molecule has 0 aromatic carbocycles. The SMILES string of the molecule is CCCCOCC(O)CSc1nnc(C)n1CCN. The minimum absolute atomic E-state index is 0.372. The smallest absolute Gasteiger partial charge is 0.191 e. The fourth-order valence-corrected chi connectivity index (χ4v) is 2.45. The second-order valence-electron chi connectivity index (χ2n) is 4.36. The Labute approximate surface area is 118 Å². The van der Waals surface area contributed by atoms with Crippen LogP contribution in [0.3, 0.4) is 0 Å². The molecule has 1 rings (SSSR count). The van der Waals surface area contributed by atoms with Crippen molar-refractivity contribution in [2.24, 2.45) is 5.73 Å². The van der Waals surface area contributed by atoms with Crippen LogP contribution in [0.15, 0.2) is 5.16 Å². The summed E-state index contributed by atoms with van der Waals surface area (Å²) in [5, 5.41) is 18.7. The highest BCUT2D eigenvalue weighted by Crippen LogP contribution is 2.17. The van der Waals surface area contributed by atoms with Crippen molar-refractivity contribution in [3.05, 3.63) is 5.82 Å². The number of aliphatic hydroxyl groups is 1. The maximum atomic E-state index is 9.81. The molecule has 0 bridgehead atoms. The largest absolute Gasteiger partial charge is 0.390 e. The van der Waals surface area contributed by atoms with Crippen molar-refractivity contribution in [2.75, 3.05) is 25.5 Å². The molecule has 1 aromatic heterocycles. The molecule has 0 aliphatic carbocycles. The van der Waals surface area contributed by atoms with Crippen molar-refractivity contribution in [2.45, 2.75) is 44.5 Å². The molecule has 1 atom stereocenters. The summed E-state index contributed by atoms with van der Waals surface area (Å²) in [6, 6.07) is 0. The number of aromatic nitrogens is 3. The van der Waals surface area contributed by atoms with Gasteiger partial charge in [-0.05, 0) is 13.3 Å². The number of ether oxygens (including phenoxy) is 1. The van der Waals surface area contributed by atoms with E-state index in [1.807, 2.05) is 11.5 Å². The van der Waals surface area contributed by atoms with Gasteiger partial charge in [-0.15, -0.1) is 10.2 Å². The lowest BCUT2D eigenvalue weighted by molar-refractivity contribution is 0.0473. The minimum atomic E-state index is -0.481. The maximum Gasteiger partial charge on any atom is 0.191 e. The van der Waals surface area contributed by atoms with Gasteiger partial charge in [-0.2, -0.15) is 0 Å². The Hall–Kier alpha value is -0.630. The molecule has 0 saturated heterocycles. The second-order valence-corrected chi connectivity index (χ2v) is 5.35. The number of hydrogen-bond acceptors (Lipinski definition) is 6. The number of nitrogens with zero attached hydrogens (tertiary/aromatic N) is 3. The summed E-state index contributed by atoms with van der Waals surface area (Å²) >= 11 is 1.48. The molecule has 6 nitrogen and oxygen atoms in total. The van der Waals surface area contributed by atoms with Crippen LogP contribution in [0.2, 0.25) is 0 Å². The molecule has 0 aliphatic rings. The molecule has 0 amide bonds. The van der Waals surface area contributed by atoms with Gasteiger partial charge in [0.15, 0.2) is 5.16 Å². The molecule has 1 heterocycles. The summed E-state index contributed by atoms with van der Waals surface area (Å²) in [7, 11) is 0. The number of hydrogen-bond donors (Lipinski definition) is 2. The minimum Gasteiger partial charge on any atom is -0.390 e. The van der Waals surface area contributed by atoms with Crippen LogP contribution in [-0.4, -0.2) is 51.5 Å². The highest BCUT2D eigenvalue weighted by atomic mass is 32.2. The molecular formula is C12H24N4O2S. The van der Waals surface area contributed by atoms with Gasteiger partial charge < -0.3 is 20.1 Å². The fourth-order valence-electron chi connectivity index (χ4n) is 1.54. The Balaban J connectivity index is 2.31. The molecule has 110 valence electrons. The third kappa shape index (κ3) is 5.90. The first-order valence-electron chi connectivity index (χ1n) is 6.67. The third-order valence-corrected chi connectivity index (χ3v) is 3.72. The Morgan fingerprint density at radius 2 is 2.26 bits per heavy atom. The van der Waals surface area contributed by atoms with Gasteiger partial charge in [-0.3, -0.25) is 0 Å². The zero-order valence-electron chi connectivity index (χ0n) is 11.7. The molecule has 0 fully saturated rings. The van der Waals surface area contributed by atoms with E-state index in [1.54, 1.807) is 0 Å². The zero-order chi connectivity index (χ0) is 14.1. The van der Waals surface area contributed by atoms with E-state index in [0.29, 0.717) is 32.1 Å². The zero-order valence-corrected chi connectivity index (χ0v) is 12.5. The monoisotopic (exact) mass is 288 g/mol. The van der Waals surface area contributed by atoms with E-state index < -0.39 is 6.10 Å². The first-order valence-corrected chi connectivity index (χ1v) is 7.66. The predicted octanol–water partition coefficient (Wildman–Crippen LogP) is 0.815. The number of rotatable bonds is 10. The van der Waals surface area contributed by atoms with E-state index in [4.69, 9.17) is 10.5 Å². The van der Waals surface area contributed by atoms with E-state index in [9.17, 15) is 5.11 Å². The van der Waals surface area contributed by atoms with Crippen molar-refractivity contribution in [3.63, 3.8) is 0 Å². The molecule has 1 aromatic rings. The molecule has 0 aliphatic heterocycles. The second kappa shape index (κ2) is 9.30. The third-order valence-electron chi connectivity index (χ3n) is 2.61. The summed E-state index contributed by atoms with van der Waals surface area (Å²) in [6.07, 6.45) is 1.65. The van der Waals surface area contributed by atoms with Crippen molar-refractivity contribution >= 4 is 11.8 Å². The van der Waals surface area contributed by atoms with Crippen LogP contribution < -0.4 is 5.73 Å². The van der Waals surface area contributed by atoms with E-state index in [2.05, 4.69) is 17.1 Å². The van der Waals surface area contributed by atoms with Gasteiger partial charge in [0.25, 0.3) is 0 Å². The van der Waals surface area contributed by atoms with Crippen LogP contribution >= 0.6 is 11.8 Å². The molecule has 1 unspecified atom stereocenters. The van der Waals surface area contributed by atoms with Crippen LogP contribution in [0.25, 0.3) is 0 Å². The Morgan fingerprint density at radius 3 is 2.95 bits per heavy atom. The van der Waals surface area contributed by atoms with Gasteiger partial charge in [0, 0.05) is 25.4 Å². The lowest BCUT2D eigenvalue weighted by Crippen LogP contribution is -2.19. The Bertz CT molecular complexity index is 359. The molecule has 0 saturated carbocycles. The van der Waals surface area contributed by atoms with Gasteiger partial charge >= 0.3 is 0 Å². The van der Waals surface area contributed by atoms with Gasteiger partial charge in [-0.1, -0.05) is 25.1 Å². The van der Waals surface area contributed by atoms with E-state index in [-0.39, 0.29) is 0 Å². The molecule has 19 heavy (non-hydrogen) atoms. The van der Waals surface area contributed by atoms with Crippen LogP contribution in [0.1, 0.15) is 25.6 Å². The van der Waals surface area contributed by atoms with Crippen LogP contribution in [0, 0.1) is 6.92 Å². The first kappa shape index (κ1) is 16.4. The van der Waals surface area contributed by atoms with E-state index in [1.165, 1.54) is 11.8 Å². The van der Waals surface area contributed by atoms with Crippen LogP contribution in [0.4, 0.5) is 0 Å². The van der Waals surface area contributed by atoms with Crippen molar-refractivity contribution in [1.29, 1.82) is 0 Å². The number of unbranched alkanes of at least 4 members (excludes halogenated alkanes) is 1. The molecule has 3 N–H and O–H groups in total. The van der Waals surface area contributed by atoms with Gasteiger partial charge in [0.1, 0.15) is 5.82 Å². The maximum absolute atomic E-state index is 9.81. The standard InChI is InChI=1S/C12H24N4O2S/c1-3-4-7-18-8-11(17)9-19-12-15-14-10(2)16(12)6-5-13/h11,17H,3-9,13H2,1-2H3. The predicted molar refractivity (Wildman–Crippen MR) is 76.3 cm³/mol. The lowest BCUT2D eigenvalue weighted by atomic mass is 10.3. The van der Waals surface area contributed by atoms with Gasteiger partial charge in [0.05, 0.1) is 12.7 Å².